The molecule has 0 aliphatic rings. The fourth-order valence-electron chi connectivity index (χ4n) is 0.726. The zero-order valence-electron chi connectivity index (χ0n) is 7.10. The minimum absolute atomic E-state index is 0.220. The van der Waals surface area contributed by atoms with E-state index in [1.54, 1.807) is 7.85 Å². The van der Waals surface area contributed by atoms with Gasteiger partial charge < -0.3 is 25.2 Å². The Kier molecular flexibility index (Phi) is 5.44. The minimum Gasteiger partial charge on any atom is -0.394 e. The van der Waals surface area contributed by atoms with Crippen LogP contribution in [-0.4, -0.2) is 66.3 Å². The Hall–Kier alpha value is -0.135. The standard InChI is InChI=1S/C6H15BO5/c7-5(1-8)12-6(2-9,3-10)4-11/h5,8-11H,1-4,7H2. The number of hydrogen-bond acceptors (Lipinski definition) is 5. The molecule has 0 heterocycles. The van der Waals surface area contributed by atoms with Gasteiger partial charge in [0.05, 0.1) is 26.4 Å². The van der Waals surface area contributed by atoms with Crippen molar-refractivity contribution >= 4 is 7.85 Å². The average Bonchev–Trinajstić information content (AvgIpc) is 2.14. The summed E-state index contributed by atoms with van der Waals surface area (Å²) in [5, 5.41) is 35.0. The van der Waals surface area contributed by atoms with Gasteiger partial charge in [-0.1, -0.05) is 0 Å². The summed E-state index contributed by atoms with van der Waals surface area (Å²) >= 11 is 0. The van der Waals surface area contributed by atoms with Crippen molar-refractivity contribution in [2.75, 3.05) is 26.4 Å². The lowest BCUT2D eigenvalue weighted by atomic mass is 9.99. The van der Waals surface area contributed by atoms with Crippen LogP contribution in [0.1, 0.15) is 0 Å². The maximum Gasteiger partial charge on any atom is 0.142 e. The first-order valence-electron chi connectivity index (χ1n) is 3.75. The minimum atomic E-state index is -1.35. The molecule has 0 aliphatic carbocycles. The van der Waals surface area contributed by atoms with Crippen LogP contribution in [0.3, 0.4) is 0 Å². The first kappa shape index (κ1) is 11.9. The molecule has 1 atom stereocenters. The Morgan fingerprint density at radius 2 is 1.50 bits per heavy atom. The summed E-state index contributed by atoms with van der Waals surface area (Å²) in [7, 11) is 1.58. The molecular formula is C6H15BO5. The van der Waals surface area contributed by atoms with Crippen molar-refractivity contribution in [1.82, 2.24) is 0 Å². The van der Waals surface area contributed by atoms with Crippen LogP contribution in [0.5, 0.6) is 0 Å². The highest BCUT2D eigenvalue weighted by Gasteiger charge is 2.30. The van der Waals surface area contributed by atoms with Crippen LogP contribution in [0, 0.1) is 0 Å². The molecule has 0 spiro atoms. The van der Waals surface area contributed by atoms with Gasteiger partial charge >= 0.3 is 0 Å². The number of hydrogen-bond donors (Lipinski definition) is 4. The lowest BCUT2D eigenvalue weighted by molar-refractivity contribution is -0.150. The average molecular weight is 178 g/mol. The van der Waals surface area contributed by atoms with E-state index in [4.69, 9.17) is 25.2 Å². The van der Waals surface area contributed by atoms with Gasteiger partial charge in [0.25, 0.3) is 0 Å². The van der Waals surface area contributed by atoms with Crippen LogP contribution >= 0.6 is 0 Å². The predicted molar refractivity (Wildman–Crippen MR) is 44.5 cm³/mol. The van der Waals surface area contributed by atoms with Crippen molar-refractivity contribution in [3.05, 3.63) is 0 Å². The fourth-order valence-corrected chi connectivity index (χ4v) is 0.726. The third-order valence-electron chi connectivity index (χ3n) is 1.57. The van der Waals surface area contributed by atoms with Crippen LogP contribution < -0.4 is 0 Å². The zero-order chi connectivity index (χ0) is 9.61. The van der Waals surface area contributed by atoms with Crippen molar-refractivity contribution < 1.29 is 25.2 Å². The Morgan fingerprint density at radius 1 is 1.08 bits per heavy atom. The van der Waals surface area contributed by atoms with Crippen LogP contribution in [0.2, 0.25) is 0 Å². The van der Waals surface area contributed by atoms with Crippen molar-refractivity contribution in [2.24, 2.45) is 0 Å². The quantitative estimate of drug-likeness (QED) is 0.319. The number of rotatable bonds is 6. The normalized spacial score (nSPS) is 14.7. The largest absolute Gasteiger partial charge is 0.394 e. The third-order valence-corrected chi connectivity index (χ3v) is 1.57. The summed E-state index contributed by atoms with van der Waals surface area (Å²) in [6.07, 6.45) is 0. The van der Waals surface area contributed by atoms with Gasteiger partial charge in [0, 0.05) is 6.00 Å². The molecule has 0 saturated heterocycles. The summed E-state index contributed by atoms with van der Waals surface area (Å²) in [6.45, 7) is -1.67. The predicted octanol–water partition coefficient (Wildman–Crippen LogP) is -3.33. The molecule has 0 aromatic rings. The van der Waals surface area contributed by atoms with Gasteiger partial charge in [-0.2, -0.15) is 0 Å². The summed E-state index contributed by atoms with van der Waals surface area (Å²) in [6, 6.07) is -0.517. The monoisotopic (exact) mass is 178 g/mol. The molecule has 0 aliphatic heterocycles. The van der Waals surface area contributed by atoms with E-state index in [9.17, 15) is 0 Å². The Labute approximate surface area is 72.0 Å². The topological polar surface area (TPSA) is 90.2 Å². The molecule has 6 heteroatoms. The van der Waals surface area contributed by atoms with E-state index in [0.29, 0.717) is 0 Å². The van der Waals surface area contributed by atoms with E-state index in [-0.39, 0.29) is 6.61 Å². The van der Waals surface area contributed by atoms with E-state index in [1.807, 2.05) is 0 Å². The molecule has 0 bridgehead atoms. The highest BCUT2D eigenvalue weighted by Crippen LogP contribution is 2.10. The molecule has 0 aromatic heterocycles. The smallest absolute Gasteiger partial charge is 0.142 e. The van der Waals surface area contributed by atoms with Gasteiger partial charge in [-0.25, -0.2) is 0 Å². The summed E-state index contributed by atoms with van der Waals surface area (Å²) in [5.41, 5.74) is -1.35. The molecule has 72 valence electrons. The molecule has 4 N–H and O–H groups in total. The Bertz CT molecular complexity index is 108. The van der Waals surface area contributed by atoms with Gasteiger partial charge in [0.1, 0.15) is 13.4 Å². The lowest BCUT2D eigenvalue weighted by Gasteiger charge is -2.30. The second-order valence-electron chi connectivity index (χ2n) is 2.77. The second-order valence-corrected chi connectivity index (χ2v) is 2.77. The third kappa shape index (κ3) is 3.08. The molecule has 12 heavy (non-hydrogen) atoms. The first-order chi connectivity index (χ1) is 5.64. The van der Waals surface area contributed by atoms with E-state index in [1.165, 1.54) is 0 Å². The van der Waals surface area contributed by atoms with E-state index in [2.05, 4.69) is 0 Å². The van der Waals surface area contributed by atoms with Gasteiger partial charge in [-0.3, -0.25) is 0 Å². The SMILES string of the molecule is BC(CO)OC(CO)(CO)CO. The fraction of sp³-hybridized carbons (Fsp3) is 1.00. The van der Waals surface area contributed by atoms with E-state index >= 15 is 0 Å². The Balaban J connectivity index is 4.09. The van der Waals surface area contributed by atoms with Crippen LogP contribution in [0.15, 0.2) is 0 Å². The molecule has 0 aromatic carbocycles. The first-order valence-corrected chi connectivity index (χ1v) is 3.75. The molecule has 0 saturated carbocycles. The van der Waals surface area contributed by atoms with Crippen molar-refractivity contribution in [3.63, 3.8) is 0 Å². The molecule has 1 unspecified atom stereocenters. The molecule has 5 nitrogen and oxygen atoms in total. The van der Waals surface area contributed by atoms with Crippen LogP contribution in [0.25, 0.3) is 0 Å². The summed E-state index contributed by atoms with van der Waals surface area (Å²) in [4.78, 5) is 0. The highest BCUT2D eigenvalue weighted by molar-refractivity contribution is 6.11. The molecular weight excluding hydrogens is 163 g/mol. The van der Waals surface area contributed by atoms with Crippen molar-refractivity contribution in [3.8, 4) is 0 Å². The van der Waals surface area contributed by atoms with Gasteiger partial charge in [-0.05, 0) is 0 Å². The van der Waals surface area contributed by atoms with Gasteiger partial charge in [0.2, 0.25) is 0 Å². The summed E-state index contributed by atoms with van der Waals surface area (Å²) in [5.74, 6) is 0. The molecule has 0 fully saturated rings. The molecule has 0 rings (SSSR count). The van der Waals surface area contributed by atoms with Crippen molar-refractivity contribution in [1.29, 1.82) is 0 Å². The maximum absolute atomic E-state index is 8.79. The summed E-state index contributed by atoms with van der Waals surface area (Å²) < 4.78 is 5.03. The van der Waals surface area contributed by atoms with Gasteiger partial charge in [0.15, 0.2) is 0 Å². The Morgan fingerprint density at radius 3 is 1.75 bits per heavy atom. The van der Waals surface area contributed by atoms with E-state index < -0.39 is 31.4 Å². The molecule has 0 amide bonds. The second kappa shape index (κ2) is 5.50. The highest BCUT2D eigenvalue weighted by atomic mass is 16.5. The van der Waals surface area contributed by atoms with Crippen molar-refractivity contribution in [2.45, 2.75) is 11.6 Å². The van der Waals surface area contributed by atoms with Gasteiger partial charge in [-0.15, -0.1) is 0 Å². The van der Waals surface area contributed by atoms with Crippen LogP contribution in [-0.2, 0) is 4.74 Å². The number of ether oxygens (including phenoxy) is 1. The number of aliphatic hydroxyl groups is 4. The number of aliphatic hydroxyl groups excluding tert-OH is 4. The lowest BCUT2D eigenvalue weighted by Crippen LogP contribution is -2.48. The maximum atomic E-state index is 8.79. The zero-order valence-corrected chi connectivity index (χ0v) is 7.10. The van der Waals surface area contributed by atoms with E-state index in [0.717, 1.165) is 0 Å². The van der Waals surface area contributed by atoms with Crippen LogP contribution in [0.4, 0.5) is 0 Å². The molecule has 0 radical (unpaired) electrons.